The predicted octanol–water partition coefficient (Wildman–Crippen LogP) is 5.09. The van der Waals surface area contributed by atoms with Crippen LogP contribution in [0.3, 0.4) is 0 Å². The molecule has 3 nitrogen and oxygen atoms in total. The van der Waals surface area contributed by atoms with Gasteiger partial charge in [0.2, 0.25) is 0 Å². The predicted molar refractivity (Wildman–Crippen MR) is 80.2 cm³/mol. The second kappa shape index (κ2) is 6.35. The summed E-state index contributed by atoms with van der Waals surface area (Å²) >= 11 is 17.9. The fraction of sp³-hybridized carbons (Fsp3) is 0.0714. The highest BCUT2D eigenvalue weighted by Crippen LogP contribution is 2.36. The fourth-order valence-corrected chi connectivity index (χ4v) is 2.16. The molecule has 0 aliphatic heterocycles. The maximum absolute atomic E-state index is 11.0. The average molecular weight is 332 g/mol. The lowest BCUT2D eigenvalue weighted by Crippen LogP contribution is -1.92. The first-order valence-electron chi connectivity index (χ1n) is 5.52. The molecule has 6 heteroatoms. The van der Waals surface area contributed by atoms with Crippen molar-refractivity contribution >= 4 is 46.8 Å². The number of methoxy groups -OCH3 is 1. The Morgan fingerprint density at radius 1 is 1.15 bits per heavy atom. The molecule has 0 N–H and O–H groups in total. The Labute approximate surface area is 130 Å². The first-order chi connectivity index (χ1) is 9.51. The van der Waals surface area contributed by atoms with Crippen molar-refractivity contribution in [2.24, 2.45) is 0 Å². The van der Waals surface area contributed by atoms with Crippen LogP contribution in [0.25, 0.3) is 17.4 Å². The number of carbonyl (C=O) groups excluding carboxylic acids is 1. The van der Waals surface area contributed by atoms with E-state index in [0.717, 1.165) is 0 Å². The average Bonchev–Trinajstić information content (AvgIpc) is 2.88. The number of halogens is 3. The van der Waals surface area contributed by atoms with Crippen LogP contribution < -0.4 is 0 Å². The van der Waals surface area contributed by atoms with E-state index in [1.165, 1.54) is 19.3 Å². The van der Waals surface area contributed by atoms with E-state index in [1.807, 2.05) is 0 Å². The van der Waals surface area contributed by atoms with Crippen molar-refractivity contribution in [1.29, 1.82) is 0 Å². The number of rotatable bonds is 3. The summed E-state index contributed by atoms with van der Waals surface area (Å²) in [6.45, 7) is 0. The summed E-state index contributed by atoms with van der Waals surface area (Å²) in [4.78, 5) is 11.0. The summed E-state index contributed by atoms with van der Waals surface area (Å²) in [5.74, 6) is 0.557. The van der Waals surface area contributed by atoms with E-state index in [0.29, 0.717) is 32.2 Å². The number of hydrogen-bond donors (Lipinski definition) is 0. The molecule has 1 aromatic carbocycles. The van der Waals surface area contributed by atoms with Gasteiger partial charge in [0.15, 0.2) is 0 Å². The van der Waals surface area contributed by atoms with Gasteiger partial charge in [-0.1, -0.05) is 34.8 Å². The maximum atomic E-state index is 11.0. The normalized spacial score (nSPS) is 11.0. The van der Waals surface area contributed by atoms with E-state index in [1.54, 1.807) is 24.3 Å². The van der Waals surface area contributed by atoms with Crippen LogP contribution in [0.15, 0.2) is 34.8 Å². The van der Waals surface area contributed by atoms with Crippen molar-refractivity contribution in [2.45, 2.75) is 0 Å². The van der Waals surface area contributed by atoms with Gasteiger partial charge in [-0.2, -0.15) is 0 Å². The Hall–Kier alpha value is -1.42. The summed E-state index contributed by atoms with van der Waals surface area (Å²) in [5, 5.41) is 1.18. The van der Waals surface area contributed by atoms with E-state index < -0.39 is 5.97 Å². The zero-order valence-electron chi connectivity index (χ0n) is 10.3. The molecule has 0 unspecified atom stereocenters. The molecule has 0 saturated heterocycles. The van der Waals surface area contributed by atoms with E-state index in [-0.39, 0.29) is 0 Å². The van der Waals surface area contributed by atoms with Crippen LogP contribution in [0.4, 0.5) is 0 Å². The van der Waals surface area contributed by atoms with Gasteiger partial charge < -0.3 is 9.15 Å². The first-order valence-corrected chi connectivity index (χ1v) is 6.65. The lowest BCUT2D eigenvalue weighted by molar-refractivity contribution is -0.134. The van der Waals surface area contributed by atoms with Crippen LogP contribution in [0.2, 0.25) is 15.1 Å². The SMILES string of the molecule is COC(=O)/C=C/c1ccc(-c2cc(Cl)c(Cl)cc2Cl)o1. The molecule has 0 aliphatic carbocycles. The third kappa shape index (κ3) is 3.37. The molecule has 0 fully saturated rings. The van der Waals surface area contributed by atoms with Gasteiger partial charge in [0, 0.05) is 11.6 Å². The minimum atomic E-state index is -0.462. The fourth-order valence-electron chi connectivity index (χ4n) is 1.52. The number of carbonyl (C=O) groups is 1. The van der Waals surface area contributed by atoms with Crippen LogP contribution >= 0.6 is 34.8 Å². The van der Waals surface area contributed by atoms with Crippen molar-refractivity contribution in [2.75, 3.05) is 7.11 Å². The Kier molecular flexibility index (Phi) is 4.76. The number of furan rings is 1. The number of ether oxygens (including phenoxy) is 1. The molecule has 1 heterocycles. The van der Waals surface area contributed by atoms with Gasteiger partial charge in [-0.25, -0.2) is 4.79 Å². The van der Waals surface area contributed by atoms with Crippen molar-refractivity contribution in [1.82, 2.24) is 0 Å². The zero-order chi connectivity index (χ0) is 14.7. The van der Waals surface area contributed by atoms with Gasteiger partial charge in [-0.3, -0.25) is 0 Å². The van der Waals surface area contributed by atoms with Crippen LogP contribution in [-0.2, 0) is 9.53 Å². The first kappa shape index (κ1) is 15.0. The Morgan fingerprint density at radius 3 is 2.55 bits per heavy atom. The smallest absolute Gasteiger partial charge is 0.330 e. The Balaban J connectivity index is 2.31. The molecule has 0 atom stereocenters. The highest BCUT2D eigenvalue weighted by atomic mass is 35.5. The van der Waals surface area contributed by atoms with Crippen molar-refractivity contribution in [3.05, 3.63) is 51.2 Å². The van der Waals surface area contributed by atoms with Crippen molar-refractivity contribution < 1.29 is 13.9 Å². The van der Waals surface area contributed by atoms with Gasteiger partial charge in [0.1, 0.15) is 11.5 Å². The topological polar surface area (TPSA) is 39.4 Å². The molecule has 0 saturated carbocycles. The Morgan fingerprint density at radius 2 is 1.85 bits per heavy atom. The molecule has 0 bridgehead atoms. The van der Waals surface area contributed by atoms with Crippen molar-refractivity contribution in [3.63, 3.8) is 0 Å². The third-order valence-corrected chi connectivity index (χ3v) is 3.52. The second-order valence-electron chi connectivity index (χ2n) is 3.80. The highest BCUT2D eigenvalue weighted by Gasteiger charge is 2.11. The van der Waals surface area contributed by atoms with Gasteiger partial charge in [0.25, 0.3) is 0 Å². The molecule has 20 heavy (non-hydrogen) atoms. The lowest BCUT2D eigenvalue weighted by Gasteiger charge is -2.03. The third-order valence-electron chi connectivity index (χ3n) is 2.49. The number of hydrogen-bond acceptors (Lipinski definition) is 3. The molecule has 0 aliphatic rings. The van der Waals surface area contributed by atoms with Crippen LogP contribution in [0.1, 0.15) is 5.76 Å². The molecule has 104 valence electrons. The summed E-state index contributed by atoms with van der Waals surface area (Å²) in [6.07, 6.45) is 2.76. The molecule has 1 aromatic heterocycles. The summed E-state index contributed by atoms with van der Waals surface area (Å²) in [6, 6.07) is 6.60. The minimum absolute atomic E-state index is 0.373. The summed E-state index contributed by atoms with van der Waals surface area (Å²) < 4.78 is 10.1. The maximum Gasteiger partial charge on any atom is 0.330 e. The van der Waals surface area contributed by atoms with Gasteiger partial charge in [-0.15, -0.1) is 0 Å². The molecule has 0 spiro atoms. The van der Waals surface area contributed by atoms with E-state index in [9.17, 15) is 4.79 Å². The molecular formula is C14H9Cl3O3. The Bertz CT molecular complexity index is 674. The van der Waals surface area contributed by atoms with Crippen LogP contribution in [0, 0.1) is 0 Å². The largest absolute Gasteiger partial charge is 0.466 e. The minimum Gasteiger partial charge on any atom is -0.466 e. The zero-order valence-corrected chi connectivity index (χ0v) is 12.6. The lowest BCUT2D eigenvalue weighted by atomic mass is 10.2. The summed E-state index contributed by atoms with van der Waals surface area (Å²) in [5.41, 5.74) is 0.624. The van der Waals surface area contributed by atoms with E-state index in [4.69, 9.17) is 39.2 Å². The monoisotopic (exact) mass is 330 g/mol. The summed E-state index contributed by atoms with van der Waals surface area (Å²) in [7, 11) is 1.30. The van der Waals surface area contributed by atoms with E-state index >= 15 is 0 Å². The number of benzene rings is 1. The van der Waals surface area contributed by atoms with E-state index in [2.05, 4.69) is 4.74 Å². The number of esters is 1. The second-order valence-corrected chi connectivity index (χ2v) is 5.03. The standard InChI is InChI=1S/C14H9Cl3O3/c1-19-14(18)5-3-8-2-4-13(20-8)9-6-11(16)12(17)7-10(9)15/h2-7H,1H3/b5-3+. The molecule has 0 amide bonds. The van der Waals surface area contributed by atoms with Gasteiger partial charge in [-0.05, 0) is 30.3 Å². The highest BCUT2D eigenvalue weighted by molar-refractivity contribution is 6.44. The van der Waals surface area contributed by atoms with Crippen molar-refractivity contribution in [3.8, 4) is 11.3 Å². The van der Waals surface area contributed by atoms with Gasteiger partial charge >= 0.3 is 5.97 Å². The molecule has 2 rings (SSSR count). The van der Waals surface area contributed by atoms with Gasteiger partial charge in [0.05, 0.1) is 22.2 Å². The molecular weight excluding hydrogens is 323 g/mol. The molecule has 0 radical (unpaired) electrons. The van der Waals surface area contributed by atoms with Crippen LogP contribution in [-0.4, -0.2) is 13.1 Å². The quantitative estimate of drug-likeness (QED) is 0.446. The molecule has 2 aromatic rings. The van der Waals surface area contributed by atoms with Crippen LogP contribution in [0.5, 0.6) is 0 Å².